The van der Waals surface area contributed by atoms with Crippen LogP contribution in [0.1, 0.15) is 29.8 Å². The minimum atomic E-state index is -4.62. The third-order valence-corrected chi connectivity index (χ3v) is 2.87. The fourth-order valence-electron chi connectivity index (χ4n) is 1.72. The first-order chi connectivity index (χ1) is 9.70. The minimum Gasteiger partial charge on any atom is -0.478 e. The van der Waals surface area contributed by atoms with Gasteiger partial charge in [0.1, 0.15) is 0 Å². The summed E-state index contributed by atoms with van der Waals surface area (Å²) in [4.78, 5) is 24.2. The van der Waals surface area contributed by atoms with Crippen LogP contribution < -0.4 is 5.32 Å². The van der Waals surface area contributed by atoms with Crippen LogP contribution in [0.4, 0.5) is 23.7 Å². The van der Waals surface area contributed by atoms with Crippen LogP contribution in [0.15, 0.2) is 18.2 Å². The average molecular weight is 304 g/mol. The predicted molar refractivity (Wildman–Crippen MR) is 70.3 cm³/mol. The number of nitrogens with zero attached hydrogens (tertiary/aromatic N) is 1. The van der Waals surface area contributed by atoms with Crippen LogP contribution in [0.3, 0.4) is 0 Å². The van der Waals surface area contributed by atoms with Gasteiger partial charge in [-0.25, -0.2) is 9.59 Å². The van der Waals surface area contributed by atoms with Gasteiger partial charge in [-0.05, 0) is 32.0 Å². The van der Waals surface area contributed by atoms with Crippen molar-refractivity contribution in [3.8, 4) is 0 Å². The van der Waals surface area contributed by atoms with Crippen LogP contribution in [-0.4, -0.2) is 35.1 Å². The molecule has 0 aliphatic heterocycles. The number of carboxylic acid groups (broad SMARTS) is 1. The van der Waals surface area contributed by atoms with Crippen molar-refractivity contribution >= 4 is 17.7 Å². The number of carbonyl (C=O) groups excluding carboxylic acids is 1. The average Bonchev–Trinajstić information content (AvgIpc) is 2.38. The number of alkyl halides is 3. The van der Waals surface area contributed by atoms with Gasteiger partial charge in [0.2, 0.25) is 0 Å². The third kappa shape index (κ3) is 4.11. The van der Waals surface area contributed by atoms with Crippen LogP contribution in [0.2, 0.25) is 0 Å². The molecule has 2 amide bonds. The Morgan fingerprint density at radius 3 is 2.24 bits per heavy atom. The van der Waals surface area contributed by atoms with Crippen LogP contribution in [0.5, 0.6) is 0 Å². The fourth-order valence-corrected chi connectivity index (χ4v) is 1.72. The number of nitrogens with one attached hydrogen (secondary N) is 1. The number of hydrogen-bond acceptors (Lipinski definition) is 2. The number of benzene rings is 1. The molecule has 0 saturated carbocycles. The molecule has 0 aliphatic carbocycles. The molecule has 0 heterocycles. The molecule has 0 aromatic heterocycles. The number of rotatable bonds is 4. The van der Waals surface area contributed by atoms with Gasteiger partial charge in [0.05, 0.1) is 16.8 Å². The zero-order chi connectivity index (χ0) is 16.2. The number of carboxylic acids is 1. The Kier molecular flexibility index (Phi) is 5.17. The molecular formula is C13H15F3N2O3. The van der Waals surface area contributed by atoms with Crippen molar-refractivity contribution in [1.29, 1.82) is 0 Å². The number of halogens is 3. The zero-order valence-electron chi connectivity index (χ0n) is 11.5. The molecule has 0 atom stereocenters. The van der Waals surface area contributed by atoms with Crippen molar-refractivity contribution in [2.45, 2.75) is 20.0 Å². The summed E-state index contributed by atoms with van der Waals surface area (Å²) in [5, 5.41) is 11.2. The molecule has 5 nitrogen and oxygen atoms in total. The topological polar surface area (TPSA) is 69.6 Å². The molecule has 116 valence electrons. The second-order valence-corrected chi connectivity index (χ2v) is 4.17. The van der Waals surface area contributed by atoms with Crippen molar-refractivity contribution in [2.75, 3.05) is 18.4 Å². The Labute approximate surface area is 119 Å². The summed E-state index contributed by atoms with van der Waals surface area (Å²) in [7, 11) is 0. The number of urea groups is 1. The molecule has 0 bridgehead atoms. The Morgan fingerprint density at radius 1 is 1.24 bits per heavy atom. The molecule has 21 heavy (non-hydrogen) atoms. The van der Waals surface area contributed by atoms with Crippen LogP contribution >= 0.6 is 0 Å². The highest BCUT2D eigenvalue weighted by Gasteiger charge is 2.32. The highest BCUT2D eigenvalue weighted by Crippen LogP contribution is 2.32. The summed E-state index contributed by atoms with van der Waals surface area (Å²) in [5.41, 5.74) is -1.81. The SMILES string of the molecule is CCN(CC)C(=O)Nc1cc(C(F)(F)F)ccc1C(=O)O. The summed E-state index contributed by atoms with van der Waals surface area (Å²) >= 11 is 0. The van der Waals surface area contributed by atoms with E-state index in [1.54, 1.807) is 13.8 Å². The van der Waals surface area contributed by atoms with Crippen molar-refractivity contribution in [3.05, 3.63) is 29.3 Å². The first-order valence-electron chi connectivity index (χ1n) is 6.21. The first-order valence-corrected chi connectivity index (χ1v) is 6.21. The van der Waals surface area contributed by atoms with Gasteiger partial charge in [-0.1, -0.05) is 0 Å². The lowest BCUT2D eigenvalue weighted by Crippen LogP contribution is -2.35. The van der Waals surface area contributed by atoms with Crippen molar-refractivity contribution in [3.63, 3.8) is 0 Å². The van der Waals surface area contributed by atoms with E-state index < -0.39 is 29.3 Å². The largest absolute Gasteiger partial charge is 0.478 e. The Balaban J connectivity index is 3.18. The Morgan fingerprint density at radius 2 is 1.81 bits per heavy atom. The number of hydrogen-bond donors (Lipinski definition) is 2. The minimum absolute atomic E-state index is 0.351. The van der Waals surface area contributed by atoms with E-state index in [1.165, 1.54) is 4.90 Å². The number of amides is 2. The van der Waals surface area contributed by atoms with E-state index in [1.807, 2.05) is 0 Å². The normalized spacial score (nSPS) is 11.1. The number of carbonyl (C=O) groups is 2. The highest BCUT2D eigenvalue weighted by molar-refractivity contribution is 6.00. The first kappa shape index (κ1) is 16.8. The van der Waals surface area contributed by atoms with Gasteiger partial charge in [-0.15, -0.1) is 0 Å². The van der Waals surface area contributed by atoms with Gasteiger partial charge < -0.3 is 15.3 Å². The molecule has 0 radical (unpaired) electrons. The maximum atomic E-state index is 12.7. The van der Waals surface area contributed by atoms with Crippen LogP contribution in [0.25, 0.3) is 0 Å². The van der Waals surface area contributed by atoms with E-state index >= 15 is 0 Å². The maximum Gasteiger partial charge on any atom is 0.416 e. The molecule has 1 aromatic carbocycles. The van der Waals surface area contributed by atoms with E-state index in [0.29, 0.717) is 25.2 Å². The summed E-state index contributed by atoms with van der Waals surface area (Å²) < 4.78 is 38.0. The summed E-state index contributed by atoms with van der Waals surface area (Å²) in [6, 6.07) is 1.45. The second kappa shape index (κ2) is 6.47. The molecule has 0 saturated heterocycles. The molecule has 8 heteroatoms. The van der Waals surface area contributed by atoms with Crippen LogP contribution in [0, 0.1) is 0 Å². The van der Waals surface area contributed by atoms with E-state index in [2.05, 4.69) is 5.32 Å². The number of anilines is 1. The molecule has 1 rings (SSSR count). The Bertz CT molecular complexity index is 540. The van der Waals surface area contributed by atoms with Crippen molar-refractivity contribution in [1.82, 2.24) is 4.90 Å². The van der Waals surface area contributed by atoms with E-state index in [4.69, 9.17) is 5.11 Å². The number of aromatic carboxylic acids is 1. The predicted octanol–water partition coefficient (Wildman–Crippen LogP) is 3.28. The molecule has 0 fully saturated rings. The third-order valence-electron chi connectivity index (χ3n) is 2.87. The van der Waals surface area contributed by atoms with Gasteiger partial charge >= 0.3 is 18.2 Å². The quantitative estimate of drug-likeness (QED) is 0.897. The maximum absolute atomic E-state index is 12.7. The fraction of sp³-hybridized carbons (Fsp3) is 0.385. The molecule has 2 N–H and O–H groups in total. The standard InChI is InChI=1S/C13H15F3N2O3/c1-3-18(4-2)12(21)17-10-7-8(13(14,15)16)5-6-9(10)11(19)20/h5-7H,3-4H2,1-2H3,(H,17,21)(H,19,20). The lowest BCUT2D eigenvalue weighted by molar-refractivity contribution is -0.137. The zero-order valence-corrected chi connectivity index (χ0v) is 11.5. The van der Waals surface area contributed by atoms with E-state index in [-0.39, 0.29) is 5.69 Å². The lowest BCUT2D eigenvalue weighted by Gasteiger charge is -2.20. The second-order valence-electron chi connectivity index (χ2n) is 4.17. The van der Waals surface area contributed by atoms with Gasteiger partial charge in [0, 0.05) is 13.1 Å². The van der Waals surface area contributed by atoms with Crippen molar-refractivity contribution < 1.29 is 27.9 Å². The molecule has 1 aromatic rings. The summed E-state index contributed by atoms with van der Waals surface area (Å²) in [6.07, 6.45) is -4.62. The van der Waals surface area contributed by atoms with Crippen LogP contribution in [-0.2, 0) is 6.18 Å². The Hall–Kier alpha value is -2.25. The van der Waals surface area contributed by atoms with Gasteiger partial charge in [-0.2, -0.15) is 13.2 Å². The van der Waals surface area contributed by atoms with E-state index in [0.717, 1.165) is 6.07 Å². The van der Waals surface area contributed by atoms with Gasteiger partial charge in [0.15, 0.2) is 0 Å². The van der Waals surface area contributed by atoms with Crippen molar-refractivity contribution in [2.24, 2.45) is 0 Å². The molecule has 0 aliphatic rings. The highest BCUT2D eigenvalue weighted by atomic mass is 19.4. The summed E-state index contributed by atoms with van der Waals surface area (Å²) in [6.45, 7) is 4.11. The van der Waals surface area contributed by atoms with Gasteiger partial charge in [-0.3, -0.25) is 0 Å². The monoisotopic (exact) mass is 304 g/mol. The molecular weight excluding hydrogens is 289 g/mol. The van der Waals surface area contributed by atoms with Gasteiger partial charge in [0.25, 0.3) is 0 Å². The smallest absolute Gasteiger partial charge is 0.416 e. The lowest BCUT2D eigenvalue weighted by atomic mass is 10.1. The summed E-state index contributed by atoms with van der Waals surface area (Å²) in [5.74, 6) is -1.42. The molecule has 0 unspecified atom stereocenters. The van der Waals surface area contributed by atoms with E-state index in [9.17, 15) is 22.8 Å². The molecule has 0 spiro atoms.